The fraction of sp³-hybridized carbons (Fsp3) is 0.600. The second-order valence-corrected chi connectivity index (χ2v) is 6.11. The molecule has 2 rings (SSSR count). The van der Waals surface area contributed by atoms with Crippen LogP contribution in [-0.2, 0) is 0 Å². The molecule has 18 heavy (non-hydrogen) atoms. The van der Waals surface area contributed by atoms with E-state index in [1.54, 1.807) is 0 Å². The number of rotatable bonds is 4. The van der Waals surface area contributed by atoms with Crippen molar-refractivity contribution >= 4 is 11.6 Å². The summed E-state index contributed by atoms with van der Waals surface area (Å²) < 4.78 is 6.06. The third kappa shape index (κ3) is 2.50. The molecular weight excluding hydrogens is 246 g/mol. The summed E-state index contributed by atoms with van der Waals surface area (Å²) in [5.74, 6) is 0.801. The van der Waals surface area contributed by atoms with Crippen LogP contribution in [-0.4, -0.2) is 18.7 Å². The minimum atomic E-state index is 0.157. The Morgan fingerprint density at radius 2 is 2.17 bits per heavy atom. The van der Waals surface area contributed by atoms with Crippen molar-refractivity contribution in [3.05, 3.63) is 28.8 Å². The molecule has 2 nitrogen and oxygen atoms in total. The number of nitrogens with one attached hydrogen (secondary N) is 1. The van der Waals surface area contributed by atoms with E-state index in [-0.39, 0.29) is 11.5 Å². The normalized spacial score (nSPS) is 25.6. The van der Waals surface area contributed by atoms with Crippen LogP contribution in [0.2, 0.25) is 5.02 Å². The van der Waals surface area contributed by atoms with E-state index in [0.717, 1.165) is 24.3 Å². The van der Waals surface area contributed by atoms with Crippen LogP contribution < -0.4 is 10.1 Å². The molecule has 0 heterocycles. The van der Waals surface area contributed by atoms with Crippen LogP contribution in [0.3, 0.4) is 0 Å². The molecule has 1 fully saturated rings. The van der Waals surface area contributed by atoms with Gasteiger partial charge in [0.1, 0.15) is 11.9 Å². The lowest BCUT2D eigenvalue weighted by Gasteiger charge is -2.51. The van der Waals surface area contributed by atoms with Gasteiger partial charge in [-0.15, -0.1) is 0 Å². The smallest absolute Gasteiger partial charge is 0.138 e. The maximum absolute atomic E-state index is 6.20. The van der Waals surface area contributed by atoms with Gasteiger partial charge in [-0.1, -0.05) is 38.4 Å². The van der Waals surface area contributed by atoms with Gasteiger partial charge >= 0.3 is 0 Å². The molecule has 0 spiro atoms. The standard InChI is InChI=1S/C15H22ClNO/c1-5-17-13-9-14(15(13,3)4)18-12-7-6-10(2)8-11(12)16/h6-8,13-14,17H,5,9H2,1-4H3. The van der Waals surface area contributed by atoms with Gasteiger partial charge in [0.2, 0.25) is 0 Å². The first-order valence-electron chi connectivity index (χ1n) is 6.61. The largest absolute Gasteiger partial charge is 0.488 e. The highest BCUT2D eigenvalue weighted by Gasteiger charge is 2.49. The predicted molar refractivity (Wildman–Crippen MR) is 76.5 cm³/mol. The number of halogens is 1. The van der Waals surface area contributed by atoms with Gasteiger partial charge in [0, 0.05) is 17.9 Å². The maximum atomic E-state index is 6.20. The van der Waals surface area contributed by atoms with Crippen molar-refractivity contribution in [2.45, 2.75) is 46.3 Å². The highest BCUT2D eigenvalue weighted by atomic mass is 35.5. The van der Waals surface area contributed by atoms with Gasteiger partial charge in [-0.25, -0.2) is 0 Å². The fourth-order valence-corrected chi connectivity index (χ4v) is 2.81. The summed E-state index contributed by atoms with van der Waals surface area (Å²) in [5.41, 5.74) is 1.32. The van der Waals surface area contributed by atoms with Crippen molar-refractivity contribution < 1.29 is 4.74 Å². The molecule has 3 heteroatoms. The van der Waals surface area contributed by atoms with Crippen LogP contribution in [0.25, 0.3) is 0 Å². The number of hydrogen-bond acceptors (Lipinski definition) is 2. The zero-order valence-corrected chi connectivity index (χ0v) is 12.3. The van der Waals surface area contributed by atoms with Gasteiger partial charge < -0.3 is 10.1 Å². The summed E-state index contributed by atoms with van der Waals surface area (Å²) in [4.78, 5) is 0. The number of benzene rings is 1. The van der Waals surface area contributed by atoms with Crippen molar-refractivity contribution in [3.63, 3.8) is 0 Å². The monoisotopic (exact) mass is 267 g/mol. The average Bonchev–Trinajstić information content (AvgIpc) is 2.30. The van der Waals surface area contributed by atoms with Crippen LogP contribution in [0.4, 0.5) is 0 Å². The van der Waals surface area contributed by atoms with Crippen molar-refractivity contribution in [1.82, 2.24) is 5.32 Å². The van der Waals surface area contributed by atoms with Crippen molar-refractivity contribution in [1.29, 1.82) is 0 Å². The van der Waals surface area contributed by atoms with Crippen LogP contribution in [0.1, 0.15) is 32.8 Å². The Bertz CT molecular complexity index is 431. The van der Waals surface area contributed by atoms with E-state index in [2.05, 4.69) is 26.1 Å². The highest BCUT2D eigenvalue weighted by molar-refractivity contribution is 6.32. The number of aryl methyl sites for hydroxylation is 1. The Morgan fingerprint density at radius 1 is 1.44 bits per heavy atom. The molecule has 2 atom stereocenters. The van der Waals surface area contributed by atoms with E-state index in [0.29, 0.717) is 11.1 Å². The summed E-state index contributed by atoms with van der Waals surface area (Å²) in [6.45, 7) is 9.67. The maximum Gasteiger partial charge on any atom is 0.138 e. The summed E-state index contributed by atoms with van der Waals surface area (Å²) in [7, 11) is 0. The lowest BCUT2D eigenvalue weighted by atomic mass is 9.64. The van der Waals surface area contributed by atoms with Crippen LogP contribution in [0.15, 0.2) is 18.2 Å². The minimum Gasteiger partial charge on any atom is -0.488 e. The van der Waals surface area contributed by atoms with E-state index in [1.807, 2.05) is 25.1 Å². The first-order chi connectivity index (χ1) is 8.45. The number of ether oxygens (including phenoxy) is 1. The molecule has 1 aliphatic rings. The molecule has 0 bridgehead atoms. The summed E-state index contributed by atoms with van der Waals surface area (Å²) in [6, 6.07) is 6.49. The predicted octanol–water partition coefficient (Wildman–Crippen LogP) is 3.80. The Kier molecular flexibility index (Phi) is 3.88. The number of hydrogen-bond donors (Lipinski definition) is 1. The van der Waals surface area contributed by atoms with Gasteiger partial charge in [-0.2, -0.15) is 0 Å². The van der Waals surface area contributed by atoms with Gasteiger partial charge in [0.15, 0.2) is 0 Å². The SMILES string of the molecule is CCNC1CC(Oc2ccc(C)cc2Cl)C1(C)C. The lowest BCUT2D eigenvalue weighted by Crippen LogP contribution is -2.62. The van der Waals surface area contributed by atoms with E-state index in [9.17, 15) is 0 Å². The van der Waals surface area contributed by atoms with E-state index in [1.165, 1.54) is 0 Å². The van der Waals surface area contributed by atoms with Crippen LogP contribution in [0, 0.1) is 12.3 Å². The van der Waals surface area contributed by atoms with Crippen LogP contribution in [0.5, 0.6) is 5.75 Å². The van der Waals surface area contributed by atoms with E-state index < -0.39 is 0 Å². The Balaban J connectivity index is 2.03. The van der Waals surface area contributed by atoms with Crippen molar-refractivity contribution in [3.8, 4) is 5.75 Å². The molecule has 0 saturated heterocycles. The molecule has 0 aliphatic heterocycles. The topological polar surface area (TPSA) is 21.3 Å². The summed E-state index contributed by atoms with van der Waals surface area (Å²) in [6.07, 6.45) is 1.28. The first-order valence-corrected chi connectivity index (χ1v) is 6.99. The zero-order chi connectivity index (χ0) is 13.3. The Morgan fingerprint density at radius 3 is 2.72 bits per heavy atom. The molecule has 0 amide bonds. The first kappa shape index (κ1) is 13.7. The molecule has 0 aromatic heterocycles. The zero-order valence-electron chi connectivity index (χ0n) is 11.6. The minimum absolute atomic E-state index is 0.157. The Hall–Kier alpha value is -0.730. The summed E-state index contributed by atoms with van der Waals surface area (Å²) in [5, 5.41) is 4.20. The molecule has 100 valence electrons. The molecule has 1 saturated carbocycles. The molecule has 1 aromatic rings. The second-order valence-electron chi connectivity index (χ2n) is 5.71. The molecule has 2 unspecified atom stereocenters. The van der Waals surface area contributed by atoms with Crippen molar-refractivity contribution in [2.24, 2.45) is 5.41 Å². The third-order valence-electron chi connectivity index (χ3n) is 3.98. The lowest BCUT2D eigenvalue weighted by molar-refractivity contribution is -0.0540. The molecule has 1 aromatic carbocycles. The van der Waals surface area contributed by atoms with Gasteiger partial charge in [-0.3, -0.25) is 0 Å². The van der Waals surface area contributed by atoms with Gasteiger partial charge in [-0.05, 0) is 31.2 Å². The molecular formula is C15H22ClNO. The molecule has 1 aliphatic carbocycles. The van der Waals surface area contributed by atoms with Gasteiger partial charge in [0.05, 0.1) is 5.02 Å². The van der Waals surface area contributed by atoms with Crippen molar-refractivity contribution in [2.75, 3.05) is 6.54 Å². The van der Waals surface area contributed by atoms with E-state index in [4.69, 9.17) is 16.3 Å². The average molecular weight is 268 g/mol. The highest BCUT2D eigenvalue weighted by Crippen LogP contribution is 2.44. The summed E-state index contributed by atoms with van der Waals surface area (Å²) >= 11 is 6.20. The molecule has 1 N–H and O–H groups in total. The fourth-order valence-electron chi connectivity index (χ4n) is 2.53. The second kappa shape index (κ2) is 5.10. The van der Waals surface area contributed by atoms with E-state index >= 15 is 0 Å². The Labute approximate surface area is 115 Å². The van der Waals surface area contributed by atoms with Gasteiger partial charge in [0.25, 0.3) is 0 Å². The van der Waals surface area contributed by atoms with Crippen LogP contribution >= 0.6 is 11.6 Å². The quantitative estimate of drug-likeness (QED) is 0.896. The third-order valence-corrected chi connectivity index (χ3v) is 4.28. The molecule has 0 radical (unpaired) electrons.